The van der Waals surface area contributed by atoms with Crippen LogP contribution in [0.15, 0.2) is 0 Å². The lowest BCUT2D eigenvalue weighted by atomic mass is 10.2. The number of nitrogens with zero attached hydrogens (tertiary/aromatic N) is 1. The lowest BCUT2D eigenvalue weighted by Crippen LogP contribution is -2.55. The number of unbranched alkanes of at least 4 members (excludes halogenated alkanes) is 1. The third-order valence-electron chi connectivity index (χ3n) is 2.06. The molecule has 1 aliphatic heterocycles. The van der Waals surface area contributed by atoms with E-state index in [2.05, 4.69) is 19.2 Å². The first kappa shape index (κ1) is 18.0. The molecule has 5 heteroatoms. The largest absolute Gasteiger partial charge is 0.330 e. The van der Waals surface area contributed by atoms with Gasteiger partial charge >= 0.3 is 6.03 Å². The zero-order chi connectivity index (χ0) is 12.7. The Hall–Kier alpha value is -1.39. The van der Waals surface area contributed by atoms with Crippen LogP contribution in [0, 0.1) is 0 Å². The van der Waals surface area contributed by atoms with E-state index in [0.717, 1.165) is 4.90 Å². The molecule has 17 heavy (non-hydrogen) atoms. The van der Waals surface area contributed by atoms with Crippen LogP contribution >= 0.6 is 0 Å². The molecule has 0 aromatic heterocycles. The van der Waals surface area contributed by atoms with E-state index in [1.165, 1.54) is 12.8 Å². The van der Waals surface area contributed by atoms with Gasteiger partial charge in [0.2, 0.25) is 11.8 Å². The molecule has 0 unspecified atom stereocenters. The summed E-state index contributed by atoms with van der Waals surface area (Å²) in [5, 5.41) is 2.07. The Labute approximate surface area is 104 Å². The van der Waals surface area contributed by atoms with Gasteiger partial charge in [-0.25, -0.2) is 4.79 Å². The number of nitrogens with one attached hydrogen (secondary N) is 1. The number of carbonyl (C=O) groups excluding carboxylic acids is 3. The van der Waals surface area contributed by atoms with Crippen molar-refractivity contribution in [2.24, 2.45) is 0 Å². The second-order valence-corrected chi connectivity index (χ2v) is 3.89. The highest BCUT2D eigenvalue weighted by Crippen LogP contribution is 2.06. The van der Waals surface area contributed by atoms with Crippen molar-refractivity contribution in [3.63, 3.8) is 0 Å². The van der Waals surface area contributed by atoms with Crippen LogP contribution in [-0.2, 0) is 9.59 Å². The zero-order valence-corrected chi connectivity index (χ0v) is 10.4. The van der Waals surface area contributed by atoms with E-state index in [1.54, 1.807) is 13.8 Å². The van der Waals surface area contributed by atoms with Crippen LogP contribution in [0.2, 0.25) is 0 Å². The monoisotopic (exact) mass is 244 g/mol. The highest BCUT2D eigenvalue weighted by atomic mass is 16.2. The van der Waals surface area contributed by atoms with Crippen molar-refractivity contribution < 1.29 is 14.4 Å². The predicted molar refractivity (Wildman–Crippen MR) is 67.5 cm³/mol. The van der Waals surface area contributed by atoms with Gasteiger partial charge in [0.15, 0.2) is 0 Å². The van der Waals surface area contributed by atoms with Gasteiger partial charge in [0.1, 0.15) is 6.42 Å². The summed E-state index contributed by atoms with van der Waals surface area (Å²) in [6.07, 6.45) is 2.41. The molecular weight excluding hydrogens is 220 g/mol. The van der Waals surface area contributed by atoms with Crippen molar-refractivity contribution in [2.45, 2.75) is 60.4 Å². The van der Waals surface area contributed by atoms with Gasteiger partial charge in [-0.15, -0.1) is 0 Å². The minimum Gasteiger partial charge on any atom is -0.277 e. The number of imide groups is 2. The summed E-state index contributed by atoms with van der Waals surface area (Å²) in [7, 11) is 0. The van der Waals surface area contributed by atoms with Crippen LogP contribution < -0.4 is 5.32 Å². The lowest BCUT2D eigenvalue weighted by Gasteiger charge is -2.27. The van der Waals surface area contributed by atoms with E-state index in [-0.39, 0.29) is 19.9 Å². The van der Waals surface area contributed by atoms with E-state index in [0.29, 0.717) is 0 Å². The molecule has 1 heterocycles. The fourth-order valence-electron chi connectivity index (χ4n) is 1.08. The second-order valence-electron chi connectivity index (χ2n) is 3.89. The molecule has 0 aromatic carbocycles. The van der Waals surface area contributed by atoms with Crippen LogP contribution in [0.5, 0.6) is 0 Å². The van der Waals surface area contributed by atoms with Gasteiger partial charge in [-0.05, 0) is 13.8 Å². The minimum absolute atomic E-state index is 0. The fourth-order valence-corrected chi connectivity index (χ4v) is 1.08. The quantitative estimate of drug-likeness (QED) is 0.758. The Morgan fingerprint density at radius 2 is 1.65 bits per heavy atom. The smallest absolute Gasteiger partial charge is 0.277 e. The standard InChI is InChI=1S/C7H10N2O3.C4H10.CH4/c1-4(2)9-6(11)3-5(10)8-7(9)12;1-3-4-2;/h4H,3H2,1-2H3,(H,8,10,12);3-4H2,1-2H3;1H4. The van der Waals surface area contributed by atoms with E-state index in [1.807, 2.05) is 0 Å². The van der Waals surface area contributed by atoms with Gasteiger partial charge in [0.25, 0.3) is 0 Å². The Kier molecular flexibility index (Phi) is 9.23. The van der Waals surface area contributed by atoms with Gasteiger partial charge in [0.05, 0.1) is 0 Å². The fraction of sp³-hybridized carbons (Fsp3) is 0.750. The van der Waals surface area contributed by atoms with Crippen LogP contribution in [0.4, 0.5) is 4.79 Å². The minimum atomic E-state index is -0.619. The van der Waals surface area contributed by atoms with Crippen molar-refractivity contribution in [1.82, 2.24) is 10.2 Å². The first-order valence-corrected chi connectivity index (χ1v) is 5.59. The number of hydrogen-bond donors (Lipinski definition) is 1. The van der Waals surface area contributed by atoms with Crippen molar-refractivity contribution >= 4 is 17.8 Å². The number of amides is 4. The molecule has 0 atom stereocenters. The van der Waals surface area contributed by atoms with Crippen molar-refractivity contribution in [1.29, 1.82) is 0 Å². The topological polar surface area (TPSA) is 66.5 Å². The summed E-state index contributed by atoms with van der Waals surface area (Å²) in [6.45, 7) is 7.79. The number of barbiturate groups is 1. The third kappa shape index (κ3) is 6.04. The Morgan fingerprint density at radius 3 is 1.94 bits per heavy atom. The molecule has 5 nitrogen and oxygen atoms in total. The van der Waals surface area contributed by atoms with Crippen LogP contribution in [0.3, 0.4) is 0 Å². The van der Waals surface area contributed by atoms with Crippen LogP contribution in [-0.4, -0.2) is 28.8 Å². The van der Waals surface area contributed by atoms with E-state index in [9.17, 15) is 14.4 Å². The number of carbonyl (C=O) groups is 3. The molecular formula is C12H24N2O3. The molecule has 0 bridgehead atoms. The summed E-state index contributed by atoms with van der Waals surface area (Å²) in [5.74, 6) is -0.958. The maximum absolute atomic E-state index is 11.1. The molecule has 0 aliphatic carbocycles. The Bertz CT molecular complexity index is 253. The summed E-state index contributed by atoms with van der Waals surface area (Å²) >= 11 is 0. The molecule has 0 aromatic rings. The van der Waals surface area contributed by atoms with Gasteiger partial charge in [-0.1, -0.05) is 34.1 Å². The van der Waals surface area contributed by atoms with Gasteiger partial charge in [-0.3, -0.25) is 19.8 Å². The number of rotatable bonds is 2. The highest BCUT2D eigenvalue weighted by Gasteiger charge is 2.32. The molecule has 1 N–H and O–H groups in total. The zero-order valence-electron chi connectivity index (χ0n) is 10.4. The number of hydrogen-bond acceptors (Lipinski definition) is 3. The first-order chi connectivity index (χ1) is 7.43. The Balaban J connectivity index is 0. The lowest BCUT2D eigenvalue weighted by molar-refractivity contribution is -0.137. The van der Waals surface area contributed by atoms with Gasteiger partial charge in [0, 0.05) is 6.04 Å². The SMILES string of the molecule is C.CC(C)N1C(=O)CC(=O)NC1=O.CCCC. The molecule has 4 amide bonds. The highest BCUT2D eigenvalue weighted by molar-refractivity contribution is 6.14. The maximum Gasteiger partial charge on any atom is 0.330 e. The summed E-state index contributed by atoms with van der Waals surface area (Å²) in [5.41, 5.74) is 0. The molecule has 100 valence electrons. The second kappa shape index (κ2) is 8.73. The number of urea groups is 1. The van der Waals surface area contributed by atoms with Crippen molar-refractivity contribution in [2.75, 3.05) is 0 Å². The average Bonchev–Trinajstić information content (AvgIpc) is 2.15. The van der Waals surface area contributed by atoms with E-state index in [4.69, 9.17) is 0 Å². The van der Waals surface area contributed by atoms with E-state index < -0.39 is 17.8 Å². The summed E-state index contributed by atoms with van der Waals surface area (Å²) in [4.78, 5) is 33.8. The summed E-state index contributed by atoms with van der Waals surface area (Å²) in [6, 6.07) is -0.822. The molecule has 0 radical (unpaired) electrons. The van der Waals surface area contributed by atoms with Gasteiger partial charge < -0.3 is 0 Å². The Morgan fingerprint density at radius 1 is 1.18 bits per heavy atom. The van der Waals surface area contributed by atoms with E-state index >= 15 is 0 Å². The molecule has 1 rings (SSSR count). The molecule has 1 fully saturated rings. The molecule has 0 saturated carbocycles. The molecule has 1 saturated heterocycles. The first-order valence-electron chi connectivity index (χ1n) is 5.59. The maximum atomic E-state index is 11.1. The predicted octanol–water partition coefficient (Wildman–Crippen LogP) is 2.31. The normalized spacial score (nSPS) is 14.9. The third-order valence-corrected chi connectivity index (χ3v) is 2.06. The summed E-state index contributed by atoms with van der Waals surface area (Å²) < 4.78 is 0. The van der Waals surface area contributed by atoms with Gasteiger partial charge in [-0.2, -0.15) is 0 Å². The van der Waals surface area contributed by atoms with Crippen LogP contribution in [0.1, 0.15) is 54.4 Å². The average molecular weight is 244 g/mol. The molecule has 1 aliphatic rings. The van der Waals surface area contributed by atoms with Crippen molar-refractivity contribution in [3.05, 3.63) is 0 Å². The van der Waals surface area contributed by atoms with Crippen LogP contribution in [0.25, 0.3) is 0 Å². The molecule has 0 spiro atoms. The van der Waals surface area contributed by atoms with Crippen molar-refractivity contribution in [3.8, 4) is 0 Å².